The molecule has 0 saturated heterocycles. The molecule has 132 valence electrons. The van der Waals surface area contributed by atoms with E-state index in [0.717, 1.165) is 30.3 Å². The lowest BCUT2D eigenvalue weighted by Crippen LogP contribution is -2.50. The summed E-state index contributed by atoms with van der Waals surface area (Å²) in [6.45, 7) is 6.28. The van der Waals surface area contributed by atoms with Gasteiger partial charge in [-0.2, -0.15) is 0 Å². The summed E-state index contributed by atoms with van der Waals surface area (Å²) in [5.74, 6) is 2.42. The van der Waals surface area contributed by atoms with Gasteiger partial charge in [0.25, 0.3) is 0 Å². The lowest BCUT2D eigenvalue weighted by Gasteiger charge is -2.57. The average Bonchev–Trinajstić information content (AvgIpc) is 2.92. The molecule has 0 spiro atoms. The Labute approximate surface area is 145 Å². The number of Topliss-reactive ketones (excluding diaryl/α,β-unsaturated/α-hetero) is 1. The van der Waals surface area contributed by atoms with Gasteiger partial charge in [0.2, 0.25) is 0 Å². The van der Waals surface area contributed by atoms with E-state index in [1.54, 1.807) is 0 Å². The van der Waals surface area contributed by atoms with E-state index in [2.05, 4.69) is 13.8 Å². The van der Waals surface area contributed by atoms with Crippen molar-refractivity contribution in [2.75, 3.05) is 0 Å². The van der Waals surface area contributed by atoms with Crippen LogP contribution in [0.25, 0.3) is 0 Å². The molecular formula is C21H30O3. The zero-order valence-electron chi connectivity index (χ0n) is 15.3. The first kappa shape index (κ1) is 16.4. The second-order valence-corrected chi connectivity index (χ2v) is 9.24. The fraction of sp³-hybridized carbons (Fsp3) is 0.810. The number of hydrogen-bond donors (Lipinski definition) is 0. The maximum atomic E-state index is 12.4. The summed E-state index contributed by atoms with van der Waals surface area (Å²) >= 11 is 0. The number of allylic oxidation sites excluding steroid dienone is 1. The molecule has 5 atom stereocenters. The van der Waals surface area contributed by atoms with Gasteiger partial charge in [0, 0.05) is 13.3 Å². The molecule has 0 aromatic carbocycles. The Bertz CT molecular complexity index is 619. The number of fused-ring (bicyclic) bond motifs is 5. The van der Waals surface area contributed by atoms with E-state index in [-0.39, 0.29) is 17.2 Å². The molecule has 3 nitrogen and oxygen atoms in total. The number of ether oxygens (including phenoxy) is 1. The van der Waals surface area contributed by atoms with Crippen LogP contribution < -0.4 is 0 Å². The normalized spacial score (nSPS) is 44.6. The summed E-state index contributed by atoms with van der Waals surface area (Å²) < 4.78 is 5.42. The van der Waals surface area contributed by atoms with E-state index in [0.29, 0.717) is 23.5 Å². The minimum atomic E-state index is -0.357. The summed E-state index contributed by atoms with van der Waals surface area (Å²) in [5, 5.41) is 0. The number of ketones is 1. The van der Waals surface area contributed by atoms with E-state index >= 15 is 0 Å². The van der Waals surface area contributed by atoms with Crippen molar-refractivity contribution in [1.29, 1.82) is 0 Å². The maximum absolute atomic E-state index is 12.4. The molecule has 3 fully saturated rings. The number of hydrogen-bond acceptors (Lipinski definition) is 3. The molecule has 24 heavy (non-hydrogen) atoms. The molecule has 0 N–H and O–H groups in total. The highest BCUT2D eigenvalue weighted by atomic mass is 16.5. The molecule has 3 heteroatoms. The first-order chi connectivity index (χ1) is 11.3. The van der Waals surface area contributed by atoms with Gasteiger partial charge in [-0.1, -0.05) is 20.3 Å². The Morgan fingerprint density at radius 2 is 1.83 bits per heavy atom. The summed E-state index contributed by atoms with van der Waals surface area (Å²) in [6, 6.07) is 0. The number of carbonyl (C=O) groups excluding carboxylic acids is 2. The summed E-state index contributed by atoms with van der Waals surface area (Å²) in [4.78, 5) is 23.9. The maximum Gasteiger partial charge on any atom is 0.308 e. The molecule has 0 aromatic rings. The van der Waals surface area contributed by atoms with E-state index in [4.69, 9.17) is 4.74 Å². The number of carbonyl (C=O) groups is 2. The van der Waals surface area contributed by atoms with Crippen LogP contribution in [0.2, 0.25) is 0 Å². The molecule has 0 unspecified atom stereocenters. The monoisotopic (exact) mass is 330 g/mol. The Balaban J connectivity index is 1.72. The van der Waals surface area contributed by atoms with E-state index in [1.807, 2.05) is 0 Å². The fourth-order valence-corrected chi connectivity index (χ4v) is 6.92. The molecule has 0 radical (unpaired) electrons. The van der Waals surface area contributed by atoms with Crippen molar-refractivity contribution in [3.8, 4) is 0 Å². The molecule has 4 rings (SSSR count). The third kappa shape index (κ3) is 2.23. The quantitative estimate of drug-likeness (QED) is 0.649. The lowest BCUT2D eigenvalue weighted by molar-refractivity contribution is -0.142. The van der Waals surface area contributed by atoms with E-state index in [9.17, 15) is 9.59 Å². The van der Waals surface area contributed by atoms with Crippen LogP contribution >= 0.6 is 0 Å². The molecule has 0 aliphatic heterocycles. The molecular weight excluding hydrogens is 300 g/mol. The van der Waals surface area contributed by atoms with Crippen LogP contribution in [0.5, 0.6) is 0 Å². The highest BCUT2D eigenvalue weighted by Crippen LogP contribution is 2.65. The minimum absolute atomic E-state index is 0.0395. The smallest absolute Gasteiger partial charge is 0.308 e. The average molecular weight is 330 g/mol. The summed E-state index contributed by atoms with van der Waals surface area (Å²) in [6.07, 6.45) is 10.4. The van der Waals surface area contributed by atoms with Gasteiger partial charge < -0.3 is 4.74 Å². The van der Waals surface area contributed by atoms with Gasteiger partial charge in [-0.3, -0.25) is 9.59 Å². The van der Waals surface area contributed by atoms with Gasteiger partial charge >= 0.3 is 5.97 Å². The van der Waals surface area contributed by atoms with Crippen LogP contribution in [0.15, 0.2) is 11.3 Å². The fourth-order valence-electron chi connectivity index (χ4n) is 6.92. The molecule has 4 aliphatic carbocycles. The van der Waals surface area contributed by atoms with E-state index in [1.165, 1.54) is 45.4 Å². The molecule has 0 amide bonds. The van der Waals surface area contributed by atoms with Gasteiger partial charge in [-0.25, -0.2) is 0 Å². The zero-order chi connectivity index (χ0) is 17.1. The molecule has 3 saturated carbocycles. The minimum Gasteiger partial charge on any atom is -0.423 e. The van der Waals surface area contributed by atoms with Crippen molar-refractivity contribution in [2.24, 2.45) is 28.6 Å². The van der Waals surface area contributed by atoms with Crippen molar-refractivity contribution >= 4 is 11.8 Å². The zero-order valence-corrected chi connectivity index (χ0v) is 15.3. The number of rotatable bonds is 1. The van der Waals surface area contributed by atoms with Gasteiger partial charge in [-0.15, -0.1) is 0 Å². The SMILES string of the molecule is CC(=O)OC1=C2CC[C@H]3[C@@H]4CCC[C@@]4(C)CC[C@@H]3[C@@]2(C)CCC1=O. The van der Waals surface area contributed by atoms with Crippen molar-refractivity contribution in [1.82, 2.24) is 0 Å². The second-order valence-electron chi connectivity index (χ2n) is 9.24. The van der Waals surface area contributed by atoms with Crippen LogP contribution in [-0.2, 0) is 14.3 Å². The van der Waals surface area contributed by atoms with Gasteiger partial charge in [0.15, 0.2) is 11.5 Å². The summed E-state index contributed by atoms with van der Waals surface area (Å²) in [7, 11) is 0. The largest absolute Gasteiger partial charge is 0.423 e. The molecule has 0 bridgehead atoms. The molecule has 0 heterocycles. The predicted octanol–water partition coefficient (Wildman–Crippen LogP) is 4.80. The van der Waals surface area contributed by atoms with Crippen LogP contribution in [0.1, 0.15) is 78.6 Å². The third-order valence-electron chi connectivity index (χ3n) is 8.10. The van der Waals surface area contributed by atoms with Gasteiger partial charge in [0.1, 0.15) is 0 Å². The highest BCUT2D eigenvalue weighted by molar-refractivity contribution is 5.97. The Kier molecular flexibility index (Phi) is 3.71. The van der Waals surface area contributed by atoms with Crippen molar-refractivity contribution < 1.29 is 14.3 Å². The van der Waals surface area contributed by atoms with Gasteiger partial charge in [-0.05, 0) is 79.1 Å². The first-order valence-electron chi connectivity index (χ1n) is 9.80. The lowest BCUT2D eigenvalue weighted by atomic mass is 9.47. The topological polar surface area (TPSA) is 43.4 Å². The van der Waals surface area contributed by atoms with Crippen LogP contribution in [0.3, 0.4) is 0 Å². The second kappa shape index (κ2) is 5.44. The van der Waals surface area contributed by atoms with Gasteiger partial charge in [0.05, 0.1) is 0 Å². The Morgan fingerprint density at radius 3 is 2.58 bits per heavy atom. The summed E-state index contributed by atoms with van der Waals surface area (Å²) in [5.41, 5.74) is 1.78. The van der Waals surface area contributed by atoms with Crippen LogP contribution in [0.4, 0.5) is 0 Å². The van der Waals surface area contributed by atoms with Crippen LogP contribution in [0, 0.1) is 28.6 Å². The third-order valence-corrected chi connectivity index (χ3v) is 8.10. The van der Waals surface area contributed by atoms with Crippen molar-refractivity contribution in [2.45, 2.75) is 78.6 Å². The molecule has 0 aromatic heterocycles. The van der Waals surface area contributed by atoms with Crippen molar-refractivity contribution in [3.63, 3.8) is 0 Å². The Hall–Kier alpha value is -1.12. The number of esters is 1. The first-order valence-corrected chi connectivity index (χ1v) is 9.80. The predicted molar refractivity (Wildman–Crippen MR) is 92.0 cm³/mol. The standard InChI is InChI=1S/C21H30O3/c1-13(22)24-19-17-7-6-14-15-5-4-10-20(15,2)11-8-16(14)21(17,3)12-9-18(19)23/h14-16H,4-12H2,1-3H3/t14-,15-,16-,20-,21+/m0/s1. The van der Waals surface area contributed by atoms with Crippen LogP contribution in [-0.4, -0.2) is 11.8 Å². The van der Waals surface area contributed by atoms with E-state index < -0.39 is 0 Å². The highest BCUT2D eigenvalue weighted by Gasteiger charge is 2.57. The molecule has 4 aliphatic rings. The van der Waals surface area contributed by atoms with Crippen molar-refractivity contribution in [3.05, 3.63) is 11.3 Å². The Morgan fingerprint density at radius 1 is 1.04 bits per heavy atom.